The van der Waals surface area contributed by atoms with Crippen molar-refractivity contribution < 1.29 is 13.2 Å². The van der Waals surface area contributed by atoms with Gasteiger partial charge in [0, 0.05) is 24.6 Å². The number of hydrogen-bond donors (Lipinski definition) is 1. The number of H-pyrrole nitrogens is 1. The van der Waals surface area contributed by atoms with Gasteiger partial charge < -0.3 is 4.42 Å². The second-order valence-corrected chi connectivity index (χ2v) is 10.3. The Hall–Kier alpha value is -4.60. The lowest BCUT2D eigenvalue weighted by molar-refractivity contribution is 0.00813. The monoisotopic (exact) mass is 525 g/mol. The molecule has 0 unspecified atom stereocenters. The lowest BCUT2D eigenvalue weighted by Gasteiger charge is -2.50. The summed E-state index contributed by atoms with van der Waals surface area (Å²) in [6, 6.07) is 22.6. The Morgan fingerprint density at radius 2 is 1.72 bits per heavy atom. The zero-order valence-electron chi connectivity index (χ0n) is 21.4. The molecule has 5 rings (SSSR count). The molecule has 9 heteroatoms. The van der Waals surface area contributed by atoms with Crippen LogP contribution in [0.4, 0.5) is 8.78 Å². The van der Waals surface area contributed by atoms with Crippen molar-refractivity contribution in [1.29, 1.82) is 10.5 Å². The highest BCUT2D eigenvalue weighted by atomic mass is 19.1. The normalized spacial score (nSPS) is 15.6. The third-order valence-electron chi connectivity index (χ3n) is 7.17. The highest BCUT2D eigenvalue weighted by molar-refractivity contribution is 5.55. The van der Waals surface area contributed by atoms with E-state index < -0.39 is 23.2 Å². The van der Waals surface area contributed by atoms with Crippen molar-refractivity contribution in [3.05, 3.63) is 111 Å². The number of nitrogens with zero attached hydrogens (tertiary/aromatic N) is 4. The average Bonchev–Trinajstić information content (AvgIpc) is 3.33. The number of halogens is 2. The van der Waals surface area contributed by atoms with Gasteiger partial charge in [-0.05, 0) is 78.9 Å². The Balaban J connectivity index is 1.49. The van der Waals surface area contributed by atoms with Crippen molar-refractivity contribution in [2.24, 2.45) is 5.92 Å². The molecule has 7 nitrogen and oxygen atoms in total. The summed E-state index contributed by atoms with van der Waals surface area (Å²) in [5.41, 5.74) is 1.95. The smallest absolute Gasteiger partial charge is 0.388 e. The third-order valence-corrected chi connectivity index (χ3v) is 7.17. The summed E-state index contributed by atoms with van der Waals surface area (Å²) in [6.07, 6.45) is 0. The number of aromatic nitrogens is 2. The van der Waals surface area contributed by atoms with Gasteiger partial charge in [0.15, 0.2) is 0 Å². The minimum atomic E-state index is -1.65. The van der Waals surface area contributed by atoms with Gasteiger partial charge in [-0.15, -0.1) is 5.10 Å². The molecule has 2 heterocycles. The Bertz CT molecular complexity index is 1630. The number of aromatic amines is 1. The van der Waals surface area contributed by atoms with Gasteiger partial charge in [-0.3, -0.25) is 4.90 Å². The minimum Gasteiger partial charge on any atom is -0.388 e. The molecule has 196 valence electrons. The van der Waals surface area contributed by atoms with Crippen LogP contribution in [0.1, 0.15) is 53.6 Å². The van der Waals surface area contributed by atoms with Crippen LogP contribution < -0.4 is 5.76 Å². The Kier molecular flexibility index (Phi) is 6.86. The first-order valence-electron chi connectivity index (χ1n) is 12.5. The van der Waals surface area contributed by atoms with Gasteiger partial charge in [-0.2, -0.15) is 10.5 Å². The first kappa shape index (κ1) is 26.0. The number of nitrogens with one attached hydrogen (secondary N) is 1. The Morgan fingerprint density at radius 1 is 1.00 bits per heavy atom. The van der Waals surface area contributed by atoms with Gasteiger partial charge in [0.1, 0.15) is 11.5 Å². The second kappa shape index (κ2) is 10.3. The van der Waals surface area contributed by atoms with Gasteiger partial charge in [0.2, 0.25) is 5.89 Å². The zero-order valence-corrected chi connectivity index (χ0v) is 21.4. The molecule has 2 atom stereocenters. The van der Waals surface area contributed by atoms with Gasteiger partial charge in [0.25, 0.3) is 0 Å². The molecule has 0 aliphatic carbocycles. The molecule has 1 N–H and O–H groups in total. The largest absolute Gasteiger partial charge is 0.434 e. The Morgan fingerprint density at radius 3 is 2.33 bits per heavy atom. The summed E-state index contributed by atoms with van der Waals surface area (Å²) in [7, 11) is 0. The van der Waals surface area contributed by atoms with Crippen molar-refractivity contribution in [2.45, 2.75) is 31.5 Å². The fourth-order valence-corrected chi connectivity index (χ4v) is 5.61. The fourth-order valence-electron chi connectivity index (χ4n) is 5.61. The van der Waals surface area contributed by atoms with E-state index in [1.165, 1.54) is 19.9 Å². The van der Waals surface area contributed by atoms with E-state index in [0.717, 1.165) is 17.2 Å². The molecule has 1 aliphatic rings. The molecule has 4 aromatic rings. The summed E-state index contributed by atoms with van der Waals surface area (Å²) >= 11 is 0. The van der Waals surface area contributed by atoms with Crippen LogP contribution in [0.5, 0.6) is 0 Å². The van der Waals surface area contributed by atoms with E-state index in [4.69, 9.17) is 4.42 Å². The van der Waals surface area contributed by atoms with Crippen molar-refractivity contribution in [1.82, 2.24) is 15.1 Å². The molecule has 0 radical (unpaired) electrons. The molecule has 1 aliphatic heterocycles. The van der Waals surface area contributed by atoms with Crippen LogP contribution in [0.3, 0.4) is 0 Å². The molecular formula is C30H25F2N5O2. The number of benzene rings is 3. The first-order chi connectivity index (χ1) is 18.7. The molecule has 39 heavy (non-hydrogen) atoms. The van der Waals surface area contributed by atoms with Crippen molar-refractivity contribution in [2.75, 3.05) is 13.1 Å². The van der Waals surface area contributed by atoms with Crippen LogP contribution in [0.15, 0.2) is 75.9 Å². The highest BCUT2D eigenvalue weighted by Crippen LogP contribution is 2.45. The highest BCUT2D eigenvalue weighted by Gasteiger charge is 2.45. The van der Waals surface area contributed by atoms with Crippen LogP contribution in [0, 0.1) is 34.4 Å². The van der Waals surface area contributed by atoms with E-state index >= 15 is 4.39 Å². The molecule has 1 aromatic heterocycles. The number of likely N-dealkylation sites (tertiary alicyclic amines) is 1. The molecule has 1 saturated heterocycles. The van der Waals surface area contributed by atoms with E-state index in [9.17, 15) is 19.7 Å². The summed E-state index contributed by atoms with van der Waals surface area (Å²) in [5.74, 6) is -1.80. The standard InChI is InChI=1S/C30H25F2N5O2/c1-30(2,32)26(23-10-19(15-34)11-25(31)13-23)24-16-37(17-24)27(20-8-6-18(14-33)7-9-20)21-4-3-5-22(12-21)28-35-36-29(38)39-28/h3-13,24,26-27H,16-17H2,1-2H3,(H,36,38)/t26-,27+/m1/s1. The number of nitriles is 2. The molecular weight excluding hydrogens is 500 g/mol. The van der Waals surface area contributed by atoms with E-state index in [1.807, 2.05) is 36.4 Å². The first-order valence-corrected chi connectivity index (χ1v) is 12.5. The van der Waals surface area contributed by atoms with Gasteiger partial charge >= 0.3 is 5.76 Å². The molecule has 0 bridgehead atoms. The molecule has 0 saturated carbocycles. The predicted octanol–water partition coefficient (Wildman–Crippen LogP) is 5.47. The molecule has 0 amide bonds. The summed E-state index contributed by atoms with van der Waals surface area (Å²) < 4.78 is 35.0. The van der Waals surface area contributed by atoms with Crippen LogP contribution in [0.2, 0.25) is 0 Å². The maximum absolute atomic E-state index is 15.6. The quantitative estimate of drug-likeness (QED) is 0.343. The number of hydrogen-bond acceptors (Lipinski definition) is 6. The van der Waals surface area contributed by atoms with Crippen molar-refractivity contribution in [3.63, 3.8) is 0 Å². The minimum absolute atomic E-state index is 0.133. The predicted molar refractivity (Wildman–Crippen MR) is 140 cm³/mol. The second-order valence-electron chi connectivity index (χ2n) is 10.3. The van der Waals surface area contributed by atoms with E-state index in [2.05, 4.69) is 21.2 Å². The van der Waals surface area contributed by atoms with Crippen LogP contribution in [0.25, 0.3) is 11.5 Å². The summed E-state index contributed by atoms with van der Waals surface area (Å²) in [6.45, 7) is 4.00. The Labute approximate surface area is 223 Å². The van der Waals surface area contributed by atoms with Crippen LogP contribution >= 0.6 is 0 Å². The number of alkyl halides is 1. The van der Waals surface area contributed by atoms with Crippen LogP contribution in [-0.2, 0) is 0 Å². The third kappa shape index (κ3) is 5.36. The van der Waals surface area contributed by atoms with E-state index in [1.54, 1.807) is 24.3 Å². The molecule has 0 spiro atoms. The van der Waals surface area contributed by atoms with Gasteiger partial charge in [-0.25, -0.2) is 18.7 Å². The molecule has 3 aromatic carbocycles. The van der Waals surface area contributed by atoms with Crippen LogP contribution in [-0.4, -0.2) is 33.9 Å². The summed E-state index contributed by atoms with van der Waals surface area (Å²) in [4.78, 5) is 13.7. The lowest BCUT2D eigenvalue weighted by atomic mass is 9.72. The van der Waals surface area contributed by atoms with Crippen molar-refractivity contribution >= 4 is 0 Å². The molecule has 1 fully saturated rings. The topological polar surface area (TPSA) is 110 Å². The SMILES string of the molecule is CC(C)(F)[C@H](c1cc(F)cc(C#N)c1)C1CN([C@@H](c2ccc(C#N)cc2)c2cccc(-c3n[nH]c(=O)o3)c2)C1. The maximum atomic E-state index is 15.6. The van der Waals surface area contributed by atoms with Gasteiger partial charge in [0.05, 0.1) is 29.3 Å². The average molecular weight is 526 g/mol. The number of rotatable bonds is 7. The lowest BCUT2D eigenvalue weighted by Crippen LogP contribution is -2.53. The zero-order chi connectivity index (χ0) is 27.7. The van der Waals surface area contributed by atoms with Crippen molar-refractivity contribution in [3.8, 4) is 23.6 Å². The van der Waals surface area contributed by atoms with E-state index in [-0.39, 0.29) is 23.4 Å². The maximum Gasteiger partial charge on any atom is 0.434 e. The summed E-state index contributed by atoms with van der Waals surface area (Å²) in [5, 5.41) is 24.8. The van der Waals surface area contributed by atoms with Gasteiger partial charge in [-0.1, -0.05) is 24.3 Å². The van der Waals surface area contributed by atoms with E-state index in [0.29, 0.717) is 29.8 Å². The fraction of sp³-hybridized carbons (Fsp3) is 0.267.